The van der Waals surface area contributed by atoms with Crippen molar-refractivity contribution < 1.29 is 9.90 Å². The van der Waals surface area contributed by atoms with E-state index in [1.54, 1.807) is 19.1 Å². The molecule has 0 bridgehead atoms. The fourth-order valence-corrected chi connectivity index (χ4v) is 2.16. The maximum Gasteiger partial charge on any atom is 0.255 e. The Morgan fingerprint density at radius 2 is 1.70 bits per heavy atom. The van der Waals surface area contributed by atoms with E-state index in [9.17, 15) is 9.90 Å². The predicted octanol–water partition coefficient (Wildman–Crippen LogP) is 4.91. The molecule has 0 spiro atoms. The highest BCUT2D eigenvalue weighted by Crippen LogP contribution is 2.32. The van der Waals surface area contributed by atoms with Crippen LogP contribution in [0.15, 0.2) is 30.3 Å². The van der Waals surface area contributed by atoms with E-state index in [0.717, 1.165) is 0 Å². The highest BCUT2D eigenvalue weighted by Gasteiger charge is 2.12. The number of carbonyl (C=O) groups excluding carboxylic acids is 1. The molecule has 1 amide bonds. The van der Waals surface area contributed by atoms with Crippen LogP contribution in [0.5, 0.6) is 5.75 Å². The standard InChI is InChI=1S/C14H10Cl3NO2/c1-7-2-3-8(4-13(7)19)14(20)18-12-6-10(16)9(15)5-11(12)17/h2-6,19H,1H3,(H,18,20). The van der Waals surface area contributed by atoms with Crippen LogP contribution in [0.3, 0.4) is 0 Å². The molecular formula is C14H10Cl3NO2. The minimum Gasteiger partial charge on any atom is -0.508 e. The van der Waals surface area contributed by atoms with Gasteiger partial charge < -0.3 is 10.4 Å². The van der Waals surface area contributed by atoms with Crippen LogP contribution in [0.4, 0.5) is 5.69 Å². The molecule has 0 atom stereocenters. The summed E-state index contributed by atoms with van der Waals surface area (Å²) in [5, 5.41) is 13.1. The molecule has 2 rings (SSSR count). The first-order chi connectivity index (χ1) is 9.38. The lowest BCUT2D eigenvalue weighted by molar-refractivity contribution is 0.102. The number of amides is 1. The zero-order valence-corrected chi connectivity index (χ0v) is 12.6. The summed E-state index contributed by atoms with van der Waals surface area (Å²) in [6, 6.07) is 7.57. The molecule has 0 aliphatic heterocycles. The van der Waals surface area contributed by atoms with Gasteiger partial charge in [0.25, 0.3) is 5.91 Å². The van der Waals surface area contributed by atoms with E-state index in [0.29, 0.717) is 21.8 Å². The molecule has 0 saturated heterocycles. The molecule has 0 aromatic heterocycles. The van der Waals surface area contributed by atoms with E-state index < -0.39 is 5.91 Å². The van der Waals surface area contributed by atoms with E-state index in [1.807, 2.05) is 0 Å². The van der Waals surface area contributed by atoms with E-state index in [1.165, 1.54) is 18.2 Å². The monoisotopic (exact) mass is 329 g/mol. The summed E-state index contributed by atoms with van der Waals surface area (Å²) in [6.07, 6.45) is 0. The summed E-state index contributed by atoms with van der Waals surface area (Å²) in [5.74, 6) is -0.349. The number of hydrogen-bond acceptors (Lipinski definition) is 2. The van der Waals surface area contributed by atoms with Crippen molar-refractivity contribution in [2.75, 3.05) is 5.32 Å². The number of phenols is 1. The van der Waals surface area contributed by atoms with Gasteiger partial charge in [-0.2, -0.15) is 0 Å². The van der Waals surface area contributed by atoms with E-state index in [4.69, 9.17) is 34.8 Å². The topological polar surface area (TPSA) is 49.3 Å². The smallest absolute Gasteiger partial charge is 0.255 e. The SMILES string of the molecule is Cc1ccc(C(=O)Nc2cc(Cl)c(Cl)cc2Cl)cc1O. The summed E-state index contributed by atoms with van der Waals surface area (Å²) in [5.41, 5.74) is 1.36. The van der Waals surface area contributed by atoms with Crippen molar-refractivity contribution in [2.45, 2.75) is 6.92 Å². The molecule has 2 aromatic carbocycles. The molecule has 0 heterocycles. The molecule has 0 radical (unpaired) electrons. The van der Waals surface area contributed by atoms with Gasteiger partial charge in [0.15, 0.2) is 0 Å². The number of nitrogens with one attached hydrogen (secondary N) is 1. The van der Waals surface area contributed by atoms with Gasteiger partial charge >= 0.3 is 0 Å². The molecule has 2 aromatic rings. The van der Waals surface area contributed by atoms with Crippen molar-refractivity contribution in [1.82, 2.24) is 0 Å². The average molecular weight is 331 g/mol. The first-order valence-electron chi connectivity index (χ1n) is 5.64. The molecule has 0 saturated carbocycles. The number of aromatic hydroxyl groups is 1. The van der Waals surface area contributed by atoms with Gasteiger partial charge in [0.05, 0.1) is 20.8 Å². The Labute approximate surface area is 131 Å². The number of hydrogen-bond donors (Lipinski definition) is 2. The summed E-state index contributed by atoms with van der Waals surface area (Å²) in [4.78, 5) is 12.1. The van der Waals surface area contributed by atoms with Crippen LogP contribution in [0.2, 0.25) is 15.1 Å². The highest BCUT2D eigenvalue weighted by atomic mass is 35.5. The summed E-state index contributed by atoms with van der Waals surface area (Å²) in [6.45, 7) is 1.74. The Hall–Kier alpha value is -1.42. The van der Waals surface area contributed by atoms with Crippen LogP contribution in [0.25, 0.3) is 0 Å². The summed E-state index contributed by atoms with van der Waals surface area (Å²) in [7, 11) is 0. The molecule has 6 heteroatoms. The second-order valence-corrected chi connectivity index (χ2v) is 5.42. The molecule has 0 fully saturated rings. The Morgan fingerprint density at radius 1 is 1.05 bits per heavy atom. The highest BCUT2D eigenvalue weighted by molar-refractivity contribution is 6.44. The first-order valence-corrected chi connectivity index (χ1v) is 6.77. The van der Waals surface area contributed by atoms with E-state index in [-0.39, 0.29) is 15.8 Å². The van der Waals surface area contributed by atoms with Crippen LogP contribution in [-0.2, 0) is 0 Å². The lowest BCUT2D eigenvalue weighted by atomic mass is 10.1. The van der Waals surface area contributed by atoms with Gasteiger partial charge in [-0.15, -0.1) is 0 Å². The second kappa shape index (κ2) is 5.92. The Bertz CT molecular complexity index is 686. The maximum atomic E-state index is 12.1. The molecule has 20 heavy (non-hydrogen) atoms. The summed E-state index contributed by atoms with van der Waals surface area (Å²) >= 11 is 17.7. The lowest BCUT2D eigenvalue weighted by Gasteiger charge is -2.09. The third kappa shape index (κ3) is 3.18. The normalized spacial score (nSPS) is 10.4. The van der Waals surface area contributed by atoms with Crippen molar-refractivity contribution in [1.29, 1.82) is 0 Å². The van der Waals surface area contributed by atoms with E-state index >= 15 is 0 Å². The zero-order chi connectivity index (χ0) is 14.9. The predicted molar refractivity (Wildman–Crippen MR) is 82.3 cm³/mol. The Kier molecular flexibility index (Phi) is 4.43. The molecule has 104 valence electrons. The summed E-state index contributed by atoms with van der Waals surface area (Å²) < 4.78 is 0. The van der Waals surface area contributed by atoms with Crippen LogP contribution < -0.4 is 5.32 Å². The van der Waals surface area contributed by atoms with Crippen LogP contribution in [0, 0.1) is 6.92 Å². The average Bonchev–Trinajstić information content (AvgIpc) is 2.39. The second-order valence-electron chi connectivity index (χ2n) is 4.20. The molecule has 0 unspecified atom stereocenters. The van der Waals surface area contributed by atoms with Gasteiger partial charge in [0.2, 0.25) is 0 Å². The number of benzene rings is 2. The van der Waals surface area contributed by atoms with Crippen LogP contribution in [-0.4, -0.2) is 11.0 Å². The van der Waals surface area contributed by atoms with E-state index in [2.05, 4.69) is 5.32 Å². The number of aryl methyl sites for hydroxylation is 1. The number of rotatable bonds is 2. The fraction of sp³-hybridized carbons (Fsp3) is 0.0714. The molecule has 0 aliphatic rings. The number of phenolic OH excluding ortho intramolecular Hbond substituents is 1. The molecular weight excluding hydrogens is 321 g/mol. The molecule has 2 N–H and O–H groups in total. The van der Waals surface area contributed by atoms with Crippen molar-refractivity contribution in [3.05, 3.63) is 56.5 Å². The lowest BCUT2D eigenvalue weighted by Crippen LogP contribution is -2.12. The largest absolute Gasteiger partial charge is 0.508 e. The third-order valence-corrected chi connectivity index (χ3v) is 3.76. The van der Waals surface area contributed by atoms with Gasteiger partial charge in [0.1, 0.15) is 5.75 Å². The van der Waals surface area contributed by atoms with Gasteiger partial charge in [-0.3, -0.25) is 4.79 Å². The minimum absolute atomic E-state index is 0.0536. The third-order valence-electron chi connectivity index (χ3n) is 2.73. The number of carbonyl (C=O) groups is 1. The number of halogens is 3. The first kappa shape index (κ1) is 15.0. The maximum absolute atomic E-state index is 12.1. The van der Waals surface area contributed by atoms with Crippen LogP contribution >= 0.6 is 34.8 Å². The number of anilines is 1. The molecule has 0 aliphatic carbocycles. The van der Waals surface area contributed by atoms with Crippen LogP contribution in [0.1, 0.15) is 15.9 Å². The quantitative estimate of drug-likeness (QED) is 0.768. The molecule has 3 nitrogen and oxygen atoms in total. The van der Waals surface area contributed by atoms with Gasteiger partial charge in [-0.05, 0) is 36.8 Å². The fourth-order valence-electron chi connectivity index (χ4n) is 1.56. The van der Waals surface area contributed by atoms with Gasteiger partial charge in [0, 0.05) is 5.56 Å². The minimum atomic E-state index is -0.402. The van der Waals surface area contributed by atoms with Crippen molar-refractivity contribution in [2.24, 2.45) is 0 Å². The Morgan fingerprint density at radius 3 is 2.35 bits per heavy atom. The van der Waals surface area contributed by atoms with Crippen molar-refractivity contribution >= 4 is 46.4 Å². The van der Waals surface area contributed by atoms with Crippen molar-refractivity contribution in [3.8, 4) is 5.75 Å². The van der Waals surface area contributed by atoms with Gasteiger partial charge in [-0.1, -0.05) is 40.9 Å². The Balaban J connectivity index is 2.27. The van der Waals surface area contributed by atoms with Gasteiger partial charge in [-0.25, -0.2) is 0 Å². The zero-order valence-electron chi connectivity index (χ0n) is 10.4. The van der Waals surface area contributed by atoms with Crippen molar-refractivity contribution in [3.63, 3.8) is 0 Å².